The third-order valence-electron chi connectivity index (χ3n) is 4.03. The molecule has 0 unspecified atom stereocenters. The van der Waals surface area contributed by atoms with Gasteiger partial charge in [-0.1, -0.05) is 20.8 Å². The summed E-state index contributed by atoms with van der Waals surface area (Å²) in [6.07, 6.45) is 0.621. The van der Waals surface area contributed by atoms with E-state index in [1.165, 1.54) is 0 Å². The van der Waals surface area contributed by atoms with Gasteiger partial charge in [-0.05, 0) is 32.6 Å². The maximum Gasteiger partial charge on any atom is 0.410 e. The molecule has 1 aliphatic heterocycles. The van der Waals surface area contributed by atoms with Crippen LogP contribution in [0.15, 0.2) is 0 Å². The van der Waals surface area contributed by atoms with Crippen LogP contribution < -0.4 is 5.32 Å². The third-order valence-corrected chi connectivity index (χ3v) is 4.03. The number of likely N-dealkylation sites (tertiary alicyclic amines) is 1. The van der Waals surface area contributed by atoms with Crippen LogP contribution in [0, 0.1) is 5.41 Å². The molecule has 1 saturated heterocycles. The van der Waals surface area contributed by atoms with E-state index >= 15 is 0 Å². The Morgan fingerprint density at radius 3 is 2.18 bits per heavy atom. The molecule has 6 heteroatoms. The average molecular weight is 314 g/mol. The van der Waals surface area contributed by atoms with Gasteiger partial charge in [0.15, 0.2) is 0 Å². The van der Waals surface area contributed by atoms with E-state index in [0.717, 1.165) is 13.0 Å². The number of rotatable bonds is 6. The summed E-state index contributed by atoms with van der Waals surface area (Å²) in [6.45, 7) is 13.3. The first-order chi connectivity index (χ1) is 9.88. The maximum absolute atomic E-state index is 12.0. The minimum atomic E-state index is -0.856. The highest BCUT2D eigenvalue weighted by molar-refractivity contribution is 5.73. The number of carbonyl (C=O) groups is 2. The molecular formula is C16H30N2O4. The molecule has 1 fully saturated rings. The summed E-state index contributed by atoms with van der Waals surface area (Å²) in [7, 11) is 0. The highest BCUT2D eigenvalue weighted by atomic mass is 16.6. The zero-order chi connectivity index (χ0) is 17.2. The Morgan fingerprint density at radius 2 is 1.77 bits per heavy atom. The molecule has 0 aromatic carbocycles. The number of carboxylic acid groups (broad SMARTS) is 1. The molecule has 22 heavy (non-hydrogen) atoms. The van der Waals surface area contributed by atoms with Crippen molar-refractivity contribution in [2.45, 2.75) is 65.5 Å². The molecule has 0 aliphatic carbocycles. The Hall–Kier alpha value is -1.30. The molecule has 0 saturated carbocycles. The van der Waals surface area contributed by atoms with Gasteiger partial charge in [-0.2, -0.15) is 0 Å². The zero-order valence-corrected chi connectivity index (χ0v) is 14.7. The van der Waals surface area contributed by atoms with Gasteiger partial charge >= 0.3 is 12.1 Å². The summed E-state index contributed by atoms with van der Waals surface area (Å²) in [5.74, 6) is -0.856. The highest BCUT2D eigenvalue weighted by Gasteiger charge is 2.48. The molecule has 1 amide bonds. The summed E-state index contributed by atoms with van der Waals surface area (Å²) < 4.78 is 5.32. The molecule has 6 nitrogen and oxygen atoms in total. The molecular weight excluding hydrogens is 284 g/mol. The number of carboxylic acids is 1. The van der Waals surface area contributed by atoms with Crippen LogP contribution in [0.4, 0.5) is 4.79 Å². The topological polar surface area (TPSA) is 78.9 Å². The number of hydrogen-bond acceptors (Lipinski definition) is 4. The largest absolute Gasteiger partial charge is 0.481 e. The number of carbonyl (C=O) groups excluding carboxylic acids is 1. The Balaban J connectivity index is 2.63. The van der Waals surface area contributed by atoms with Crippen LogP contribution in [0.1, 0.15) is 54.4 Å². The summed E-state index contributed by atoms with van der Waals surface area (Å²) in [4.78, 5) is 24.7. The zero-order valence-electron chi connectivity index (χ0n) is 14.7. The fraction of sp³-hybridized carbons (Fsp3) is 0.875. The Bertz CT molecular complexity index is 420. The molecule has 0 bridgehead atoms. The monoisotopic (exact) mass is 314 g/mol. The molecule has 1 heterocycles. The SMILES string of the molecule is CCC(C)(C)CNC1(CC(=O)O)CN(C(=O)OC(C)(C)C)C1. The van der Waals surface area contributed by atoms with Crippen molar-refractivity contribution in [3.63, 3.8) is 0 Å². The van der Waals surface area contributed by atoms with Gasteiger partial charge in [0.1, 0.15) is 5.60 Å². The van der Waals surface area contributed by atoms with Gasteiger partial charge in [-0.3, -0.25) is 4.79 Å². The van der Waals surface area contributed by atoms with E-state index in [9.17, 15) is 9.59 Å². The summed E-state index contributed by atoms with van der Waals surface area (Å²) >= 11 is 0. The van der Waals surface area contributed by atoms with Crippen molar-refractivity contribution in [2.75, 3.05) is 19.6 Å². The number of amides is 1. The number of ether oxygens (including phenoxy) is 1. The van der Waals surface area contributed by atoms with E-state index in [4.69, 9.17) is 9.84 Å². The molecule has 2 N–H and O–H groups in total. The van der Waals surface area contributed by atoms with E-state index in [0.29, 0.717) is 13.1 Å². The summed E-state index contributed by atoms with van der Waals surface area (Å²) in [5.41, 5.74) is -0.993. The van der Waals surface area contributed by atoms with Gasteiger partial charge in [0.2, 0.25) is 0 Å². The van der Waals surface area contributed by atoms with Gasteiger partial charge in [-0.25, -0.2) is 4.79 Å². The van der Waals surface area contributed by atoms with Gasteiger partial charge in [-0.15, -0.1) is 0 Å². The Kier molecular flexibility index (Phi) is 5.49. The van der Waals surface area contributed by atoms with E-state index in [-0.39, 0.29) is 17.9 Å². The van der Waals surface area contributed by atoms with Crippen LogP contribution in [0.5, 0.6) is 0 Å². The smallest absolute Gasteiger partial charge is 0.410 e. The lowest BCUT2D eigenvalue weighted by Crippen LogP contribution is -2.72. The fourth-order valence-electron chi connectivity index (χ4n) is 2.27. The van der Waals surface area contributed by atoms with Crippen LogP contribution in [-0.4, -0.2) is 52.8 Å². The fourth-order valence-corrected chi connectivity index (χ4v) is 2.27. The standard InChI is InChI=1S/C16H30N2O4/c1-7-15(5,6)9-17-16(8-12(19)20)10-18(11-16)13(21)22-14(2,3)4/h17H,7-11H2,1-6H3,(H,19,20). The van der Waals surface area contributed by atoms with E-state index < -0.39 is 17.1 Å². The molecule has 0 radical (unpaired) electrons. The Labute approximate surface area is 133 Å². The van der Waals surface area contributed by atoms with Crippen molar-refractivity contribution >= 4 is 12.1 Å². The van der Waals surface area contributed by atoms with Gasteiger partial charge in [0.25, 0.3) is 0 Å². The van der Waals surface area contributed by atoms with Crippen LogP contribution >= 0.6 is 0 Å². The molecule has 0 aromatic heterocycles. The maximum atomic E-state index is 12.0. The van der Waals surface area contributed by atoms with Crippen LogP contribution in [0.25, 0.3) is 0 Å². The molecule has 0 spiro atoms. The Morgan fingerprint density at radius 1 is 1.23 bits per heavy atom. The van der Waals surface area contributed by atoms with Crippen LogP contribution in [-0.2, 0) is 9.53 Å². The molecule has 1 rings (SSSR count). The summed E-state index contributed by atoms with van der Waals surface area (Å²) in [6, 6.07) is 0. The second-order valence-electron chi connectivity index (χ2n) is 8.06. The predicted molar refractivity (Wildman–Crippen MR) is 84.9 cm³/mol. The predicted octanol–water partition coefficient (Wildman–Crippen LogP) is 2.48. The minimum Gasteiger partial charge on any atom is -0.481 e. The number of nitrogens with zero attached hydrogens (tertiary/aromatic N) is 1. The third kappa shape index (κ3) is 5.48. The quantitative estimate of drug-likeness (QED) is 0.787. The lowest BCUT2D eigenvalue weighted by atomic mass is 9.83. The first-order valence-corrected chi connectivity index (χ1v) is 7.83. The van der Waals surface area contributed by atoms with Gasteiger partial charge in [0, 0.05) is 19.6 Å². The molecule has 1 aliphatic rings. The van der Waals surface area contributed by atoms with Gasteiger partial charge < -0.3 is 20.1 Å². The second kappa shape index (κ2) is 6.44. The van der Waals surface area contributed by atoms with Crippen LogP contribution in [0.3, 0.4) is 0 Å². The number of aliphatic carboxylic acids is 1. The van der Waals surface area contributed by atoms with Crippen molar-refractivity contribution in [1.29, 1.82) is 0 Å². The second-order valence-corrected chi connectivity index (χ2v) is 8.06. The van der Waals surface area contributed by atoms with E-state index in [2.05, 4.69) is 26.1 Å². The van der Waals surface area contributed by atoms with E-state index in [1.807, 2.05) is 20.8 Å². The summed E-state index contributed by atoms with van der Waals surface area (Å²) in [5, 5.41) is 12.5. The number of nitrogens with one attached hydrogen (secondary N) is 1. The van der Waals surface area contributed by atoms with E-state index in [1.54, 1.807) is 4.90 Å². The first kappa shape index (κ1) is 18.7. The van der Waals surface area contributed by atoms with Gasteiger partial charge in [0.05, 0.1) is 12.0 Å². The van der Waals surface area contributed by atoms with Crippen molar-refractivity contribution in [2.24, 2.45) is 5.41 Å². The van der Waals surface area contributed by atoms with Crippen molar-refractivity contribution in [3.05, 3.63) is 0 Å². The van der Waals surface area contributed by atoms with Crippen LogP contribution in [0.2, 0.25) is 0 Å². The number of hydrogen-bond donors (Lipinski definition) is 2. The average Bonchev–Trinajstić information content (AvgIpc) is 2.29. The lowest BCUT2D eigenvalue weighted by molar-refractivity contribution is -0.141. The highest BCUT2D eigenvalue weighted by Crippen LogP contribution is 2.29. The normalized spacial score (nSPS) is 17.8. The molecule has 0 atom stereocenters. The molecule has 128 valence electrons. The van der Waals surface area contributed by atoms with Crippen molar-refractivity contribution in [1.82, 2.24) is 10.2 Å². The first-order valence-electron chi connectivity index (χ1n) is 7.83. The van der Waals surface area contributed by atoms with Crippen molar-refractivity contribution in [3.8, 4) is 0 Å². The lowest BCUT2D eigenvalue weighted by Gasteiger charge is -2.50. The molecule has 0 aromatic rings. The van der Waals surface area contributed by atoms with Crippen molar-refractivity contribution < 1.29 is 19.4 Å². The minimum absolute atomic E-state index is 0.00604.